The Kier molecular flexibility index (Phi) is 2.29. The van der Waals surface area contributed by atoms with E-state index in [1.807, 2.05) is 6.92 Å². The highest BCUT2D eigenvalue weighted by Crippen LogP contribution is 2.06. The van der Waals surface area contributed by atoms with E-state index in [9.17, 15) is 4.79 Å². The Balaban J connectivity index is 2.35. The van der Waals surface area contributed by atoms with Gasteiger partial charge in [-0.2, -0.15) is 0 Å². The lowest BCUT2D eigenvalue weighted by Crippen LogP contribution is -2.04. The maximum atomic E-state index is 11.6. The van der Waals surface area contributed by atoms with E-state index in [2.05, 4.69) is 21.8 Å². The molecule has 0 atom stereocenters. The number of aromatic nitrogens is 4. The fourth-order valence-electron chi connectivity index (χ4n) is 1.24. The summed E-state index contributed by atoms with van der Waals surface area (Å²) in [5, 5.41) is 7.51. The molecule has 0 unspecified atom stereocenters. The molecule has 15 heavy (non-hydrogen) atoms. The molecule has 2 rings (SSSR count). The number of nitrogens with zero attached hydrogens (tertiary/aromatic N) is 4. The molecule has 0 saturated heterocycles. The van der Waals surface area contributed by atoms with Crippen LogP contribution in [0.5, 0.6) is 0 Å². The van der Waals surface area contributed by atoms with Crippen LogP contribution in [-0.2, 0) is 0 Å². The summed E-state index contributed by atoms with van der Waals surface area (Å²) in [5.74, 6) is -0.0434. The van der Waals surface area contributed by atoms with E-state index in [0.29, 0.717) is 17.8 Å². The van der Waals surface area contributed by atoms with Gasteiger partial charge in [0.15, 0.2) is 11.4 Å². The van der Waals surface area contributed by atoms with Crippen LogP contribution in [0, 0.1) is 0 Å². The van der Waals surface area contributed by atoms with E-state index in [1.165, 1.54) is 12.5 Å². The second-order valence-corrected chi connectivity index (χ2v) is 3.43. The molecule has 2 heterocycles. The smallest absolute Gasteiger partial charge is 0.186 e. The lowest BCUT2D eigenvalue weighted by molar-refractivity contribution is 0.0988. The third-order valence-electron chi connectivity index (χ3n) is 1.93. The molecule has 2 aromatic rings. The van der Waals surface area contributed by atoms with Gasteiger partial charge in [-0.25, -0.2) is 4.98 Å². The number of carbonyl (C=O) groups is 1. The summed E-state index contributed by atoms with van der Waals surface area (Å²) in [5.41, 5.74) is 1.86. The monoisotopic (exact) mass is 202 g/mol. The van der Waals surface area contributed by atoms with Gasteiger partial charge in [-0.3, -0.25) is 9.20 Å². The average Bonchev–Trinajstić information content (AvgIpc) is 2.62. The molecule has 5 heteroatoms. The minimum absolute atomic E-state index is 0.0434. The predicted molar refractivity (Wildman–Crippen MR) is 54.5 cm³/mol. The second-order valence-electron chi connectivity index (χ2n) is 3.43. The number of allylic oxidation sites excluding steroid dienone is 1. The van der Waals surface area contributed by atoms with Gasteiger partial charge in [-0.05, 0) is 6.92 Å². The van der Waals surface area contributed by atoms with Crippen molar-refractivity contribution < 1.29 is 4.79 Å². The normalized spacial score (nSPS) is 10.5. The van der Waals surface area contributed by atoms with Crippen molar-refractivity contribution >= 4 is 11.4 Å². The van der Waals surface area contributed by atoms with Gasteiger partial charge in [-0.15, -0.1) is 10.2 Å². The van der Waals surface area contributed by atoms with Crippen molar-refractivity contribution in [3.05, 3.63) is 36.6 Å². The van der Waals surface area contributed by atoms with Crippen LogP contribution in [0.15, 0.2) is 30.9 Å². The molecule has 0 amide bonds. The van der Waals surface area contributed by atoms with Gasteiger partial charge >= 0.3 is 0 Å². The SMILES string of the molecule is C=C(C)CC(=O)c1cn2cnnc2cn1. The third kappa shape index (κ3) is 1.90. The zero-order valence-electron chi connectivity index (χ0n) is 8.34. The van der Waals surface area contributed by atoms with Crippen molar-refractivity contribution in [2.75, 3.05) is 0 Å². The average molecular weight is 202 g/mol. The van der Waals surface area contributed by atoms with Crippen molar-refractivity contribution in [2.24, 2.45) is 0 Å². The highest BCUT2D eigenvalue weighted by Gasteiger charge is 2.08. The number of rotatable bonds is 3. The molecule has 0 aromatic carbocycles. The Morgan fingerprint density at radius 1 is 1.60 bits per heavy atom. The fraction of sp³-hybridized carbons (Fsp3) is 0.200. The Labute approximate surface area is 86.5 Å². The molecule has 0 radical (unpaired) electrons. The summed E-state index contributed by atoms with van der Waals surface area (Å²) < 4.78 is 1.67. The van der Waals surface area contributed by atoms with Crippen LogP contribution >= 0.6 is 0 Å². The predicted octanol–water partition coefficient (Wildman–Crippen LogP) is 1.27. The second kappa shape index (κ2) is 3.61. The summed E-state index contributed by atoms with van der Waals surface area (Å²) in [7, 11) is 0. The summed E-state index contributed by atoms with van der Waals surface area (Å²) >= 11 is 0. The highest BCUT2D eigenvalue weighted by molar-refractivity contribution is 5.95. The quantitative estimate of drug-likeness (QED) is 0.555. The summed E-state index contributed by atoms with van der Waals surface area (Å²) in [6, 6.07) is 0. The Bertz CT molecular complexity index is 529. The van der Waals surface area contributed by atoms with Gasteiger partial charge in [-0.1, -0.05) is 12.2 Å². The van der Waals surface area contributed by atoms with Gasteiger partial charge in [0, 0.05) is 12.6 Å². The molecule has 0 aliphatic heterocycles. The first-order valence-electron chi connectivity index (χ1n) is 4.50. The van der Waals surface area contributed by atoms with Gasteiger partial charge in [0.05, 0.1) is 6.20 Å². The van der Waals surface area contributed by atoms with Gasteiger partial charge in [0.25, 0.3) is 0 Å². The molecule has 0 aliphatic rings. The first-order valence-corrected chi connectivity index (χ1v) is 4.50. The minimum Gasteiger partial charge on any atom is -0.292 e. The van der Waals surface area contributed by atoms with Crippen molar-refractivity contribution in [1.29, 1.82) is 0 Å². The van der Waals surface area contributed by atoms with Gasteiger partial charge in [0.1, 0.15) is 12.0 Å². The number of hydrogen-bond acceptors (Lipinski definition) is 4. The molecule has 0 spiro atoms. The number of fused-ring (bicyclic) bond motifs is 1. The zero-order chi connectivity index (χ0) is 10.8. The Morgan fingerprint density at radius 3 is 3.13 bits per heavy atom. The van der Waals surface area contributed by atoms with Crippen LogP contribution in [0.1, 0.15) is 23.8 Å². The van der Waals surface area contributed by atoms with Crippen molar-refractivity contribution in [1.82, 2.24) is 19.6 Å². The molecule has 0 saturated carbocycles. The van der Waals surface area contributed by atoms with E-state index in [-0.39, 0.29) is 5.78 Å². The Morgan fingerprint density at radius 2 is 2.40 bits per heavy atom. The van der Waals surface area contributed by atoms with E-state index in [1.54, 1.807) is 10.6 Å². The van der Waals surface area contributed by atoms with Gasteiger partial charge in [0.2, 0.25) is 0 Å². The molecule has 0 N–H and O–H groups in total. The van der Waals surface area contributed by atoms with Crippen LogP contribution in [0.3, 0.4) is 0 Å². The third-order valence-corrected chi connectivity index (χ3v) is 1.93. The summed E-state index contributed by atoms with van der Waals surface area (Å²) in [6.45, 7) is 5.51. The van der Waals surface area contributed by atoms with E-state index >= 15 is 0 Å². The molecule has 2 aromatic heterocycles. The molecule has 0 bridgehead atoms. The molecule has 0 aliphatic carbocycles. The van der Waals surface area contributed by atoms with Crippen LogP contribution in [0.25, 0.3) is 5.65 Å². The highest BCUT2D eigenvalue weighted by atomic mass is 16.1. The number of Topliss-reactive ketones (excluding diaryl/α,β-unsaturated/α-hetero) is 1. The molecule has 0 fully saturated rings. The maximum Gasteiger partial charge on any atom is 0.186 e. The summed E-state index contributed by atoms with van der Waals surface area (Å²) in [6.07, 6.45) is 5.01. The topological polar surface area (TPSA) is 60.2 Å². The Hall–Kier alpha value is -2.04. The standard InChI is InChI=1S/C10H10N4O/c1-7(2)3-9(15)8-5-14-6-12-13-10(14)4-11-8/h4-6H,1,3H2,2H3. The van der Waals surface area contributed by atoms with Crippen LogP contribution in [0.4, 0.5) is 0 Å². The van der Waals surface area contributed by atoms with Gasteiger partial charge < -0.3 is 0 Å². The lowest BCUT2D eigenvalue weighted by Gasteiger charge is -1.99. The first-order chi connectivity index (χ1) is 7.16. The van der Waals surface area contributed by atoms with Crippen LogP contribution < -0.4 is 0 Å². The van der Waals surface area contributed by atoms with Crippen molar-refractivity contribution in [3.63, 3.8) is 0 Å². The maximum absolute atomic E-state index is 11.6. The van der Waals surface area contributed by atoms with E-state index in [0.717, 1.165) is 5.57 Å². The van der Waals surface area contributed by atoms with Crippen molar-refractivity contribution in [3.8, 4) is 0 Å². The number of ketones is 1. The molecule has 76 valence electrons. The number of hydrogen-bond donors (Lipinski definition) is 0. The lowest BCUT2D eigenvalue weighted by atomic mass is 10.1. The minimum atomic E-state index is -0.0434. The largest absolute Gasteiger partial charge is 0.292 e. The van der Waals surface area contributed by atoms with E-state index < -0.39 is 0 Å². The molecular formula is C10H10N4O. The van der Waals surface area contributed by atoms with Crippen LogP contribution in [-0.4, -0.2) is 25.4 Å². The summed E-state index contributed by atoms with van der Waals surface area (Å²) in [4.78, 5) is 15.7. The van der Waals surface area contributed by atoms with Crippen molar-refractivity contribution in [2.45, 2.75) is 13.3 Å². The van der Waals surface area contributed by atoms with Crippen LogP contribution in [0.2, 0.25) is 0 Å². The molecular weight excluding hydrogens is 192 g/mol. The molecule has 5 nitrogen and oxygen atoms in total. The number of carbonyl (C=O) groups excluding carboxylic acids is 1. The zero-order valence-corrected chi connectivity index (χ0v) is 8.34. The fourth-order valence-corrected chi connectivity index (χ4v) is 1.24. The first kappa shape index (κ1) is 9.51. The van der Waals surface area contributed by atoms with E-state index in [4.69, 9.17) is 0 Å².